The van der Waals surface area contributed by atoms with Crippen LogP contribution in [0.25, 0.3) is 66.1 Å². The van der Waals surface area contributed by atoms with Gasteiger partial charge in [-0.3, -0.25) is 0 Å². The van der Waals surface area contributed by atoms with Gasteiger partial charge in [0.25, 0.3) is 0 Å². The van der Waals surface area contributed by atoms with E-state index < -0.39 is 0 Å². The largest absolute Gasteiger partial charge is 0.454 e. The van der Waals surface area contributed by atoms with Crippen molar-refractivity contribution in [3.05, 3.63) is 199 Å². The Morgan fingerprint density at radius 1 is 0.415 bits per heavy atom. The van der Waals surface area contributed by atoms with Crippen LogP contribution in [0.1, 0.15) is 23.6 Å². The molecule has 0 saturated heterocycles. The fraction of sp³-hybridized carbons (Fsp3) is 0.0400. The summed E-state index contributed by atoms with van der Waals surface area (Å²) in [6, 6.07) is 64.8. The maximum atomic E-state index is 7.02. The predicted octanol–water partition coefficient (Wildman–Crippen LogP) is 14.0. The molecule has 1 aliphatic rings. The molecule has 2 aromatic heterocycles. The molecular weight excluding hydrogens is 647 g/mol. The third-order valence-electron chi connectivity index (χ3n) is 11.4. The number of rotatable bonds is 5. The third-order valence-corrected chi connectivity index (χ3v) is 11.4. The van der Waals surface area contributed by atoms with Gasteiger partial charge < -0.3 is 13.7 Å². The molecule has 11 rings (SSSR count). The first-order valence-electron chi connectivity index (χ1n) is 18.2. The third kappa shape index (κ3) is 4.34. The van der Waals surface area contributed by atoms with E-state index >= 15 is 0 Å². The standard InChI is InChI=1S/C50H33NO2/c1-50(42-20-8-5-15-36(42)37-16-6-9-21-43(37)50)34-27-30-39-41-19-12-23-45(49(41)53-47(39)31-34)51(35-28-25-33(26-29-35)32-13-3-2-4-14-32)44-22-11-18-40-38-17-7-10-24-46(38)52-48(40)44/h2-31H,1H3. The normalized spacial score (nSPS) is 13.2. The van der Waals surface area contributed by atoms with Crippen LogP contribution in [0, 0.1) is 0 Å². The first-order valence-corrected chi connectivity index (χ1v) is 18.2. The molecule has 250 valence electrons. The molecule has 0 saturated carbocycles. The highest BCUT2D eigenvalue weighted by atomic mass is 16.3. The lowest BCUT2D eigenvalue weighted by Crippen LogP contribution is -2.22. The number of para-hydroxylation sites is 3. The molecule has 0 fully saturated rings. The minimum Gasteiger partial charge on any atom is -0.454 e. The van der Waals surface area contributed by atoms with Gasteiger partial charge in [0, 0.05) is 32.6 Å². The van der Waals surface area contributed by atoms with Crippen molar-refractivity contribution in [2.45, 2.75) is 12.3 Å². The second-order valence-electron chi connectivity index (χ2n) is 14.2. The van der Waals surface area contributed by atoms with E-state index in [9.17, 15) is 0 Å². The molecule has 3 heteroatoms. The Morgan fingerprint density at radius 3 is 1.62 bits per heavy atom. The lowest BCUT2D eigenvalue weighted by molar-refractivity contribution is 0.661. The smallest absolute Gasteiger partial charge is 0.159 e. The number of hydrogen-bond donors (Lipinski definition) is 0. The monoisotopic (exact) mass is 679 g/mol. The number of fused-ring (bicyclic) bond motifs is 9. The summed E-state index contributed by atoms with van der Waals surface area (Å²) in [5.41, 5.74) is 14.8. The number of hydrogen-bond acceptors (Lipinski definition) is 3. The topological polar surface area (TPSA) is 29.5 Å². The Morgan fingerprint density at radius 2 is 0.943 bits per heavy atom. The van der Waals surface area contributed by atoms with E-state index in [1.165, 1.54) is 33.4 Å². The first kappa shape index (κ1) is 29.8. The van der Waals surface area contributed by atoms with Crippen LogP contribution in [0.4, 0.5) is 17.1 Å². The van der Waals surface area contributed by atoms with Crippen LogP contribution in [0.3, 0.4) is 0 Å². The van der Waals surface area contributed by atoms with Crippen molar-refractivity contribution < 1.29 is 8.83 Å². The zero-order valence-corrected chi connectivity index (χ0v) is 29.1. The van der Waals surface area contributed by atoms with Crippen molar-refractivity contribution in [2.75, 3.05) is 4.90 Å². The van der Waals surface area contributed by atoms with Crippen LogP contribution >= 0.6 is 0 Å². The average Bonchev–Trinajstić information content (AvgIpc) is 3.88. The van der Waals surface area contributed by atoms with Gasteiger partial charge in [0.15, 0.2) is 11.2 Å². The van der Waals surface area contributed by atoms with Crippen LogP contribution in [-0.4, -0.2) is 0 Å². The van der Waals surface area contributed by atoms with Crippen molar-refractivity contribution in [3.8, 4) is 22.3 Å². The van der Waals surface area contributed by atoms with Gasteiger partial charge in [-0.05, 0) is 82.3 Å². The Bertz CT molecular complexity index is 2980. The number of anilines is 3. The van der Waals surface area contributed by atoms with Gasteiger partial charge in [0.05, 0.1) is 11.4 Å². The van der Waals surface area contributed by atoms with Crippen LogP contribution in [-0.2, 0) is 5.41 Å². The van der Waals surface area contributed by atoms with Gasteiger partial charge in [-0.25, -0.2) is 0 Å². The molecule has 0 unspecified atom stereocenters. The summed E-state index contributed by atoms with van der Waals surface area (Å²) < 4.78 is 13.7. The van der Waals surface area contributed by atoms with Gasteiger partial charge in [0.1, 0.15) is 11.2 Å². The van der Waals surface area contributed by atoms with Crippen LogP contribution in [0.15, 0.2) is 191 Å². The molecule has 0 aliphatic heterocycles. The molecule has 8 aromatic carbocycles. The van der Waals surface area contributed by atoms with E-state index in [-0.39, 0.29) is 5.41 Å². The molecule has 0 radical (unpaired) electrons. The number of furan rings is 2. The Kier molecular flexibility index (Phi) is 6.38. The zero-order valence-electron chi connectivity index (χ0n) is 29.1. The summed E-state index contributed by atoms with van der Waals surface area (Å²) in [6.45, 7) is 2.35. The maximum absolute atomic E-state index is 7.02. The SMILES string of the molecule is CC1(c2ccc3c(c2)oc2c(N(c4ccc(-c5ccccc5)cc4)c4cccc5c4oc4ccccc45)cccc23)c2ccccc2-c2ccccc21. The van der Waals surface area contributed by atoms with Gasteiger partial charge in [-0.15, -0.1) is 0 Å². The van der Waals surface area contributed by atoms with Crippen LogP contribution in [0.5, 0.6) is 0 Å². The molecule has 0 atom stereocenters. The molecular formula is C50H33NO2. The fourth-order valence-electron chi connectivity index (χ4n) is 8.78. The second kappa shape index (κ2) is 11.3. The van der Waals surface area contributed by atoms with Crippen LogP contribution in [0.2, 0.25) is 0 Å². The first-order chi connectivity index (χ1) is 26.2. The van der Waals surface area contributed by atoms with Crippen molar-refractivity contribution in [2.24, 2.45) is 0 Å². The van der Waals surface area contributed by atoms with Crippen molar-refractivity contribution in [3.63, 3.8) is 0 Å². The van der Waals surface area contributed by atoms with E-state index in [1.54, 1.807) is 0 Å². The average molecular weight is 680 g/mol. The summed E-state index contributed by atoms with van der Waals surface area (Å²) >= 11 is 0. The summed E-state index contributed by atoms with van der Waals surface area (Å²) in [6.07, 6.45) is 0. The van der Waals surface area contributed by atoms with E-state index in [0.717, 1.165) is 66.5 Å². The van der Waals surface area contributed by atoms with Crippen LogP contribution < -0.4 is 4.90 Å². The lowest BCUT2D eigenvalue weighted by atomic mass is 9.74. The predicted molar refractivity (Wildman–Crippen MR) is 219 cm³/mol. The summed E-state index contributed by atoms with van der Waals surface area (Å²) in [4.78, 5) is 2.29. The zero-order chi connectivity index (χ0) is 35.1. The highest BCUT2D eigenvalue weighted by Crippen LogP contribution is 2.53. The molecule has 0 bridgehead atoms. The van der Waals surface area contributed by atoms with E-state index in [0.29, 0.717) is 0 Å². The molecule has 1 aliphatic carbocycles. The molecule has 10 aromatic rings. The second-order valence-corrected chi connectivity index (χ2v) is 14.2. The lowest BCUT2D eigenvalue weighted by Gasteiger charge is -2.28. The number of nitrogens with zero attached hydrogens (tertiary/aromatic N) is 1. The summed E-state index contributed by atoms with van der Waals surface area (Å²) in [7, 11) is 0. The molecule has 3 nitrogen and oxygen atoms in total. The molecule has 0 spiro atoms. The van der Waals surface area contributed by atoms with Crippen molar-refractivity contribution in [1.29, 1.82) is 0 Å². The summed E-state index contributed by atoms with van der Waals surface area (Å²) in [5, 5.41) is 4.34. The Balaban J connectivity index is 1.13. The van der Waals surface area contributed by atoms with Gasteiger partial charge in [0.2, 0.25) is 0 Å². The minimum atomic E-state index is -0.313. The quantitative estimate of drug-likeness (QED) is 0.181. The molecule has 0 amide bonds. The summed E-state index contributed by atoms with van der Waals surface area (Å²) in [5.74, 6) is 0. The molecule has 53 heavy (non-hydrogen) atoms. The van der Waals surface area contributed by atoms with Crippen molar-refractivity contribution >= 4 is 60.9 Å². The maximum Gasteiger partial charge on any atom is 0.159 e. The fourth-order valence-corrected chi connectivity index (χ4v) is 8.78. The van der Waals surface area contributed by atoms with Crippen molar-refractivity contribution in [1.82, 2.24) is 0 Å². The van der Waals surface area contributed by atoms with E-state index in [1.807, 2.05) is 12.1 Å². The van der Waals surface area contributed by atoms with Gasteiger partial charge in [-0.2, -0.15) is 0 Å². The Hall–Kier alpha value is -6.84. The number of benzene rings is 8. The van der Waals surface area contributed by atoms with E-state index in [4.69, 9.17) is 8.83 Å². The molecule has 2 heterocycles. The van der Waals surface area contributed by atoms with Gasteiger partial charge >= 0.3 is 0 Å². The molecule has 0 N–H and O–H groups in total. The minimum absolute atomic E-state index is 0.313. The van der Waals surface area contributed by atoms with Gasteiger partial charge in [-0.1, -0.05) is 146 Å². The highest BCUT2D eigenvalue weighted by Gasteiger charge is 2.40. The Labute approximate surface area is 307 Å². The highest BCUT2D eigenvalue weighted by molar-refractivity contribution is 6.14. The van der Waals surface area contributed by atoms with E-state index in [2.05, 4.69) is 182 Å².